The second-order valence-corrected chi connectivity index (χ2v) is 3.83. The number of fused-ring (bicyclic) bond motifs is 3. The molecular formula is C13H13NO. The third-order valence-corrected chi connectivity index (χ3v) is 2.68. The van der Waals surface area contributed by atoms with Crippen molar-refractivity contribution in [3.8, 4) is 11.5 Å². The maximum Gasteiger partial charge on any atom is 0.193 e. The van der Waals surface area contributed by atoms with Gasteiger partial charge in [0.1, 0.15) is 0 Å². The van der Waals surface area contributed by atoms with Crippen molar-refractivity contribution in [3.63, 3.8) is 0 Å². The molecule has 1 aliphatic rings. The van der Waals surface area contributed by atoms with Crippen LogP contribution in [0.3, 0.4) is 0 Å². The molecular weight excluding hydrogens is 186 g/mol. The zero-order valence-corrected chi connectivity index (χ0v) is 8.71. The molecule has 0 saturated carbocycles. The van der Waals surface area contributed by atoms with E-state index in [1.54, 1.807) is 0 Å². The highest BCUT2D eigenvalue weighted by molar-refractivity contribution is 6.00. The van der Waals surface area contributed by atoms with E-state index in [0.717, 1.165) is 30.2 Å². The van der Waals surface area contributed by atoms with Gasteiger partial charge < -0.3 is 10.1 Å². The Hall–Kier alpha value is -1.70. The van der Waals surface area contributed by atoms with E-state index < -0.39 is 0 Å². The van der Waals surface area contributed by atoms with Crippen LogP contribution in [0.5, 0.6) is 11.5 Å². The van der Waals surface area contributed by atoms with Crippen molar-refractivity contribution in [1.29, 1.82) is 0 Å². The third-order valence-electron chi connectivity index (χ3n) is 2.68. The van der Waals surface area contributed by atoms with Crippen LogP contribution in [-0.4, -0.2) is 6.54 Å². The third kappa shape index (κ3) is 1.33. The van der Waals surface area contributed by atoms with E-state index in [2.05, 4.69) is 36.5 Å². The number of hydrogen-bond donors (Lipinski definition) is 1. The summed E-state index contributed by atoms with van der Waals surface area (Å²) in [6, 6.07) is 10.5. The van der Waals surface area contributed by atoms with Crippen molar-refractivity contribution < 1.29 is 4.74 Å². The summed E-state index contributed by atoms with van der Waals surface area (Å²) in [6.07, 6.45) is 1.13. The molecule has 0 aromatic heterocycles. The largest absolute Gasteiger partial charge is 0.447 e. The molecule has 0 atom stereocenters. The molecule has 2 nitrogen and oxygen atoms in total. The Morgan fingerprint density at radius 2 is 2.07 bits per heavy atom. The van der Waals surface area contributed by atoms with Crippen LogP contribution in [0.2, 0.25) is 0 Å². The van der Waals surface area contributed by atoms with E-state index in [4.69, 9.17) is 4.74 Å². The summed E-state index contributed by atoms with van der Waals surface area (Å²) in [5, 5.41) is 5.84. The van der Waals surface area contributed by atoms with Crippen LogP contribution in [0.4, 0.5) is 5.69 Å². The van der Waals surface area contributed by atoms with Gasteiger partial charge in [-0.2, -0.15) is 0 Å². The van der Waals surface area contributed by atoms with Crippen molar-refractivity contribution >= 4 is 16.5 Å². The molecule has 1 aliphatic heterocycles. The highest BCUT2D eigenvalue weighted by Gasteiger charge is 2.27. The minimum atomic E-state index is 0.994. The van der Waals surface area contributed by atoms with Crippen LogP contribution in [0, 0.1) is 0 Å². The summed E-state index contributed by atoms with van der Waals surface area (Å²) in [6.45, 7) is 3.15. The number of rotatable bonds is 3. The predicted molar refractivity (Wildman–Crippen MR) is 62.8 cm³/mol. The van der Waals surface area contributed by atoms with Crippen molar-refractivity contribution in [2.75, 3.05) is 11.9 Å². The molecule has 1 N–H and O–H groups in total. The topological polar surface area (TPSA) is 24.6 Å². The number of anilines is 1. The first kappa shape index (κ1) is 8.60. The SMILES string of the molecule is CCCNc1cc2ccccc2c2c1O2. The van der Waals surface area contributed by atoms with Crippen LogP contribution < -0.4 is 10.1 Å². The van der Waals surface area contributed by atoms with Crippen LogP contribution in [0.25, 0.3) is 10.8 Å². The lowest BCUT2D eigenvalue weighted by atomic mass is 10.1. The molecule has 0 aliphatic carbocycles. The predicted octanol–water partition coefficient (Wildman–Crippen LogP) is 3.77. The fourth-order valence-electron chi connectivity index (χ4n) is 1.87. The maximum atomic E-state index is 5.52. The molecule has 76 valence electrons. The van der Waals surface area contributed by atoms with E-state index in [-0.39, 0.29) is 0 Å². The molecule has 15 heavy (non-hydrogen) atoms. The molecule has 0 amide bonds. The number of ether oxygens (including phenoxy) is 1. The molecule has 0 spiro atoms. The first-order chi connectivity index (χ1) is 7.40. The van der Waals surface area contributed by atoms with Gasteiger partial charge in [0.05, 0.1) is 5.69 Å². The summed E-state index contributed by atoms with van der Waals surface area (Å²) in [5.74, 6) is 2.08. The molecule has 0 saturated heterocycles. The Morgan fingerprint density at radius 1 is 1.20 bits per heavy atom. The lowest BCUT2D eigenvalue weighted by Gasteiger charge is -2.02. The van der Waals surface area contributed by atoms with Gasteiger partial charge in [-0.1, -0.05) is 31.2 Å². The normalized spacial score (nSPS) is 12.1. The monoisotopic (exact) mass is 199 g/mol. The van der Waals surface area contributed by atoms with Gasteiger partial charge in [-0.25, -0.2) is 0 Å². The summed E-state index contributed by atoms with van der Waals surface area (Å²) in [4.78, 5) is 0. The fourth-order valence-corrected chi connectivity index (χ4v) is 1.87. The van der Waals surface area contributed by atoms with Gasteiger partial charge in [0.15, 0.2) is 11.5 Å². The summed E-state index contributed by atoms with van der Waals surface area (Å²) < 4.78 is 5.52. The molecule has 2 aromatic carbocycles. The first-order valence-electron chi connectivity index (χ1n) is 5.37. The van der Waals surface area contributed by atoms with Crippen LogP contribution >= 0.6 is 0 Å². The Labute approximate surface area is 88.9 Å². The molecule has 2 aromatic rings. The average Bonchev–Trinajstić information content (AvgIpc) is 3.06. The van der Waals surface area contributed by atoms with Gasteiger partial charge >= 0.3 is 0 Å². The van der Waals surface area contributed by atoms with E-state index in [1.165, 1.54) is 10.8 Å². The summed E-state index contributed by atoms with van der Waals surface area (Å²) in [5.41, 5.74) is 1.13. The lowest BCUT2D eigenvalue weighted by Crippen LogP contribution is -1.98. The Morgan fingerprint density at radius 3 is 2.93 bits per heavy atom. The van der Waals surface area contributed by atoms with Crippen molar-refractivity contribution in [1.82, 2.24) is 0 Å². The van der Waals surface area contributed by atoms with E-state index in [1.807, 2.05) is 6.07 Å². The van der Waals surface area contributed by atoms with E-state index in [0.29, 0.717) is 0 Å². The molecule has 3 rings (SSSR count). The second-order valence-electron chi connectivity index (χ2n) is 3.83. The van der Waals surface area contributed by atoms with E-state index >= 15 is 0 Å². The van der Waals surface area contributed by atoms with E-state index in [9.17, 15) is 0 Å². The van der Waals surface area contributed by atoms with Crippen LogP contribution in [0.15, 0.2) is 30.3 Å². The zero-order valence-electron chi connectivity index (χ0n) is 8.71. The lowest BCUT2D eigenvalue weighted by molar-refractivity contribution is 0.654. The second kappa shape index (κ2) is 3.16. The van der Waals surface area contributed by atoms with Gasteiger partial charge in [0.2, 0.25) is 0 Å². The van der Waals surface area contributed by atoms with Crippen LogP contribution in [-0.2, 0) is 0 Å². The number of hydrogen-bond acceptors (Lipinski definition) is 2. The Balaban J connectivity index is 2.08. The Kier molecular flexibility index (Phi) is 1.81. The smallest absolute Gasteiger partial charge is 0.193 e. The minimum absolute atomic E-state index is 0.994. The average molecular weight is 199 g/mol. The highest BCUT2D eigenvalue weighted by Crippen LogP contribution is 2.55. The minimum Gasteiger partial charge on any atom is -0.447 e. The van der Waals surface area contributed by atoms with Gasteiger partial charge in [-0.15, -0.1) is 0 Å². The molecule has 0 fully saturated rings. The molecule has 0 unspecified atom stereocenters. The zero-order chi connectivity index (χ0) is 10.3. The highest BCUT2D eigenvalue weighted by atomic mass is 16.6. The molecule has 0 bridgehead atoms. The van der Waals surface area contributed by atoms with Gasteiger partial charge in [0.25, 0.3) is 0 Å². The summed E-state index contributed by atoms with van der Waals surface area (Å²) >= 11 is 0. The van der Waals surface area contributed by atoms with Crippen molar-refractivity contribution in [2.24, 2.45) is 0 Å². The van der Waals surface area contributed by atoms with Crippen molar-refractivity contribution in [3.05, 3.63) is 30.3 Å². The maximum absolute atomic E-state index is 5.52. The summed E-state index contributed by atoms with van der Waals surface area (Å²) in [7, 11) is 0. The fraction of sp³-hybridized carbons (Fsp3) is 0.231. The van der Waals surface area contributed by atoms with Crippen LogP contribution in [0.1, 0.15) is 13.3 Å². The Bertz CT molecular complexity index is 519. The van der Waals surface area contributed by atoms with Gasteiger partial charge in [-0.05, 0) is 17.9 Å². The molecule has 2 heteroatoms. The van der Waals surface area contributed by atoms with Crippen molar-refractivity contribution in [2.45, 2.75) is 13.3 Å². The van der Waals surface area contributed by atoms with Gasteiger partial charge in [0, 0.05) is 11.9 Å². The quantitative estimate of drug-likeness (QED) is 0.649. The molecule has 0 radical (unpaired) electrons. The molecule has 1 heterocycles. The standard InChI is InChI=1S/C13H13NO/c1-2-7-14-11-8-9-5-3-4-6-10(9)12-13(11)15-12/h3-6,8,14H,2,7H2,1H3. The van der Waals surface area contributed by atoms with Gasteiger partial charge in [-0.3, -0.25) is 0 Å². The first-order valence-corrected chi connectivity index (χ1v) is 5.37. The number of benzene rings is 2. The number of nitrogens with one attached hydrogen (secondary N) is 1.